The zero-order valence-corrected chi connectivity index (χ0v) is 18.2. The van der Waals surface area contributed by atoms with Crippen LogP contribution in [0.1, 0.15) is 100 Å². The van der Waals surface area contributed by atoms with Gasteiger partial charge in [0.1, 0.15) is 0 Å². The van der Waals surface area contributed by atoms with Crippen LogP contribution in [0.4, 0.5) is 8.78 Å². The van der Waals surface area contributed by atoms with E-state index in [9.17, 15) is 8.78 Å². The summed E-state index contributed by atoms with van der Waals surface area (Å²) in [6.07, 6.45) is 15.1. The molecule has 0 bridgehead atoms. The van der Waals surface area contributed by atoms with E-state index in [1.54, 1.807) is 0 Å². The monoisotopic (exact) mass is 408 g/mol. The van der Waals surface area contributed by atoms with Gasteiger partial charge in [0.05, 0.1) is 0 Å². The van der Waals surface area contributed by atoms with E-state index in [2.05, 4.69) is 30.9 Å². The average molecular weight is 409 g/mol. The van der Waals surface area contributed by atoms with Gasteiger partial charge in [0.2, 0.25) is 0 Å². The highest BCUT2D eigenvalue weighted by Gasteiger charge is 2.21. The van der Waals surface area contributed by atoms with Crippen LogP contribution in [-0.2, 0) is 0 Å². The van der Waals surface area contributed by atoms with Gasteiger partial charge in [0.15, 0.2) is 11.6 Å². The summed E-state index contributed by atoms with van der Waals surface area (Å²) in [5.41, 5.74) is 2.80. The van der Waals surface area contributed by atoms with Crippen molar-refractivity contribution in [2.45, 2.75) is 83.5 Å². The van der Waals surface area contributed by atoms with Crippen molar-refractivity contribution in [1.29, 1.82) is 0 Å². The van der Waals surface area contributed by atoms with Gasteiger partial charge in [-0.25, -0.2) is 8.78 Å². The molecule has 2 aromatic rings. The molecular weight excluding hydrogens is 374 g/mol. The fourth-order valence-corrected chi connectivity index (χ4v) is 4.55. The second-order valence-corrected chi connectivity index (χ2v) is 8.77. The van der Waals surface area contributed by atoms with Crippen LogP contribution in [0.2, 0.25) is 0 Å². The minimum absolute atomic E-state index is 0.488. The highest BCUT2D eigenvalue weighted by atomic mass is 19.2. The van der Waals surface area contributed by atoms with Gasteiger partial charge in [-0.1, -0.05) is 75.8 Å². The quantitative estimate of drug-likeness (QED) is 0.304. The Balaban J connectivity index is 1.44. The van der Waals surface area contributed by atoms with Crippen molar-refractivity contribution in [2.24, 2.45) is 5.92 Å². The highest BCUT2D eigenvalue weighted by Crippen LogP contribution is 2.37. The lowest BCUT2D eigenvalue weighted by molar-refractivity contribution is 0.302. The lowest BCUT2D eigenvalue weighted by Gasteiger charge is -2.29. The van der Waals surface area contributed by atoms with Crippen molar-refractivity contribution in [2.75, 3.05) is 0 Å². The Morgan fingerprint density at radius 3 is 2.07 bits per heavy atom. The molecule has 0 aromatic heterocycles. The van der Waals surface area contributed by atoms with Crippen LogP contribution < -0.4 is 0 Å². The van der Waals surface area contributed by atoms with Gasteiger partial charge < -0.3 is 0 Å². The van der Waals surface area contributed by atoms with Gasteiger partial charge in [-0.05, 0) is 73.4 Å². The molecule has 160 valence electrons. The largest absolute Gasteiger partial charge is 0.204 e. The van der Waals surface area contributed by atoms with Gasteiger partial charge in [0.25, 0.3) is 0 Å². The standard InChI is InChI=1S/C28H34F2/c1-2-3-4-5-6-7-8-22-11-16-25(17-12-22)26-18-13-23(14-19-26)9-10-24-15-20-27(29)28(30)21-24/h13-15,18-22,25H,2-8,11-12,16-17H2,1H3/t22-,25-. The summed E-state index contributed by atoms with van der Waals surface area (Å²) in [6.45, 7) is 2.27. The van der Waals surface area contributed by atoms with E-state index in [0.717, 1.165) is 23.6 Å². The number of rotatable bonds is 8. The smallest absolute Gasteiger partial charge is 0.160 e. The maximum Gasteiger partial charge on any atom is 0.160 e. The van der Waals surface area contributed by atoms with Crippen LogP contribution >= 0.6 is 0 Å². The van der Waals surface area contributed by atoms with Crippen LogP contribution in [0.25, 0.3) is 0 Å². The zero-order chi connectivity index (χ0) is 21.2. The molecule has 0 unspecified atom stereocenters. The molecule has 0 aliphatic heterocycles. The molecule has 0 nitrogen and oxygen atoms in total. The molecule has 1 fully saturated rings. The minimum atomic E-state index is -0.857. The van der Waals surface area contributed by atoms with E-state index >= 15 is 0 Å². The summed E-state index contributed by atoms with van der Waals surface area (Å²) in [5.74, 6) is 5.85. The van der Waals surface area contributed by atoms with E-state index in [-0.39, 0.29) is 0 Å². The molecule has 1 aliphatic rings. The Bertz CT molecular complexity index is 833. The predicted molar refractivity (Wildman–Crippen MR) is 121 cm³/mol. The molecule has 0 spiro atoms. The number of hydrogen-bond acceptors (Lipinski definition) is 0. The van der Waals surface area contributed by atoms with Crippen LogP contribution in [0.3, 0.4) is 0 Å². The van der Waals surface area contributed by atoms with Crippen molar-refractivity contribution in [1.82, 2.24) is 0 Å². The molecule has 1 saturated carbocycles. The third kappa shape index (κ3) is 6.98. The number of hydrogen-bond donors (Lipinski definition) is 0. The molecule has 2 heteroatoms. The van der Waals surface area contributed by atoms with Crippen molar-refractivity contribution in [3.05, 3.63) is 70.8 Å². The highest BCUT2D eigenvalue weighted by molar-refractivity contribution is 5.44. The lowest BCUT2D eigenvalue weighted by atomic mass is 9.77. The molecule has 3 rings (SSSR count). The molecular formula is C28H34F2. The third-order valence-corrected chi connectivity index (χ3v) is 6.47. The Hall–Kier alpha value is -2.14. The Morgan fingerprint density at radius 2 is 1.37 bits per heavy atom. The van der Waals surface area contributed by atoms with Gasteiger partial charge in [-0.3, -0.25) is 0 Å². The number of halogens is 2. The van der Waals surface area contributed by atoms with Crippen LogP contribution in [0.5, 0.6) is 0 Å². The molecule has 0 saturated heterocycles. The van der Waals surface area contributed by atoms with Gasteiger partial charge >= 0.3 is 0 Å². The molecule has 0 atom stereocenters. The summed E-state index contributed by atoms with van der Waals surface area (Å²) in [5, 5.41) is 0. The summed E-state index contributed by atoms with van der Waals surface area (Å²) in [6, 6.07) is 12.2. The molecule has 1 aliphatic carbocycles. The predicted octanol–water partition coefficient (Wildman–Crippen LogP) is 8.39. The van der Waals surface area contributed by atoms with E-state index in [1.165, 1.54) is 82.3 Å². The molecule has 0 heterocycles. The first-order valence-electron chi connectivity index (χ1n) is 11.7. The fourth-order valence-electron chi connectivity index (χ4n) is 4.55. The average Bonchev–Trinajstić information content (AvgIpc) is 2.78. The van der Waals surface area contributed by atoms with Crippen molar-refractivity contribution in [3.63, 3.8) is 0 Å². The molecule has 2 aromatic carbocycles. The second-order valence-electron chi connectivity index (χ2n) is 8.77. The van der Waals surface area contributed by atoms with E-state index in [4.69, 9.17) is 0 Å². The first-order valence-corrected chi connectivity index (χ1v) is 11.7. The van der Waals surface area contributed by atoms with Gasteiger partial charge in [0, 0.05) is 11.1 Å². The summed E-state index contributed by atoms with van der Waals surface area (Å²) in [7, 11) is 0. The molecule has 0 radical (unpaired) electrons. The van der Waals surface area contributed by atoms with Gasteiger partial charge in [-0.2, -0.15) is 0 Å². The minimum Gasteiger partial charge on any atom is -0.204 e. The maximum absolute atomic E-state index is 13.3. The summed E-state index contributed by atoms with van der Waals surface area (Å²) in [4.78, 5) is 0. The van der Waals surface area contributed by atoms with Crippen molar-refractivity contribution in [3.8, 4) is 11.8 Å². The Morgan fingerprint density at radius 1 is 0.733 bits per heavy atom. The summed E-state index contributed by atoms with van der Waals surface area (Å²) < 4.78 is 26.3. The van der Waals surface area contributed by atoms with E-state index in [0.29, 0.717) is 11.5 Å². The van der Waals surface area contributed by atoms with Crippen LogP contribution in [-0.4, -0.2) is 0 Å². The van der Waals surface area contributed by atoms with Gasteiger partial charge in [-0.15, -0.1) is 0 Å². The van der Waals surface area contributed by atoms with Crippen molar-refractivity contribution >= 4 is 0 Å². The molecule has 0 amide bonds. The first kappa shape index (κ1) is 22.5. The lowest BCUT2D eigenvalue weighted by Crippen LogP contribution is -2.13. The second kappa shape index (κ2) is 11.9. The third-order valence-electron chi connectivity index (χ3n) is 6.47. The SMILES string of the molecule is CCCCCCCC[C@H]1CC[C@H](c2ccc(C#Cc3ccc(F)c(F)c3)cc2)CC1. The van der Waals surface area contributed by atoms with E-state index in [1.807, 2.05) is 12.1 Å². The van der Waals surface area contributed by atoms with Crippen molar-refractivity contribution < 1.29 is 8.78 Å². The Labute approximate surface area is 181 Å². The van der Waals surface area contributed by atoms with Crippen LogP contribution in [0, 0.1) is 29.4 Å². The molecule has 30 heavy (non-hydrogen) atoms. The Kier molecular flexibility index (Phi) is 8.94. The summed E-state index contributed by atoms with van der Waals surface area (Å²) >= 11 is 0. The zero-order valence-electron chi connectivity index (χ0n) is 18.2. The number of benzene rings is 2. The fraction of sp³-hybridized carbons (Fsp3) is 0.500. The van der Waals surface area contributed by atoms with E-state index < -0.39 is 11.6 Å². The van der Waals surface area contributed by atoms with Crippen LogP contribution in [0.15, 0.2) is 42.5 Å². The first-order chi connectivity index (χ1) is 14.7. The number of unbranched alkanes of at least 4 members (excludes halogenated alkanes) is 5. The maximum atomic E-state index is 13.3. The topological polar surface area (TPSA) is 0 Å². The molecule has 0 N–H and O–H groups in total. The normalized spacial score (nSPS) is 18.6.